The first-order chi connectivity index (χ1) is 6.29. The van der Waals surface area contributed by atoms with Crippen LogP contribution in [0.15, 0.2) is 5.16 Å². The fourth-order valence-electron chi connectivity index (χ4n) is 0.955. The zero-order valence-corrected chi connectivity index (χ0v) is 8.97. The Morgan fingerprint density at radius 2 is 2.15 bits per heavy atom. The Kier molecular flexibility index (Phi) is 4.08. The smallest absolute Gasteiger partial charge is 0.209 e. The number of nitrogens with two attached hydrogens (primary N) is 1. The van der Waals surface area contributed by atoms with Gasteiger partial charge >= 0.3 is 0 Å². The van der Waals surface area contributed by atoms with Gasteiger partial charge in [0.25, 0.3) is 0 Å². The monoisotopic (exact) mass is 200 g/mol. The molecule has 1 aromatic heterocycles. The van der Waals surface area contributed by atoms with Gasteiger partial charge in [0.1, 0.15) is 0 Å². The second kappa shape index (κ2) is 5.11. The maximum absolute atomic E-state index is 5.77. The summed E-state index contributed by atoms with van der Waals surface area (Å²) >= 11 is 1.67. The molecule has 0 spiro atoms. The van der Waals surface area contributed by atoms with Gasteiger partial charge in [-0.1, -0.05) is 32.0 Å². The van der Waals surface area contributed by atoms with Crippen LogP contribution in [-0.2, 0) is 6.42 Å². The highest BCUT2D eigenvalue weighted by Gasteiger charge is 2.06. The van der Waals surface area contributed by atoms with Crippen molar-refractivity contribution in [3.05, 3.63) is 5.82 Å². The highest BCUT2D eigenvalue weighted by molar-refractivity contribution is 7.99. The summed E-state index contributed by atoms with van der Waals surface area (Å²) < 4.78 is 1.58. The number of nitrogen functional groups attached to an aromatic ring is 1. The standard InChI is InChI=1S/C8H16N4S/c1-3-5-6-13-8-11-10-7(4-2)12(8)9/h3-6,9H2,1-2H3. The molecule has 0 aromatic carbocycles. The number of hydrogen-bond acceptors (Lipinski definition) is 4. The van der Waals surface area contributed by atoms with Gasteiger partial charge in [0.15, 0.2) is 5.82 Å². The van der Waals surface area contributed by atoms with Crippen molar-refractivity contribution < 1.29 is 0 Å². The minimum Gasteiger partial charge on any atom is -0.336 e. The quantitative estimate of drug-likeness (QED) is 0.444. The Morgan fingerprint density at radius 3 is 2.69 bits per heavy atom. The maximum Gasteiger partial charge on any atom is 0.209 e. The highest BCUT2D eigenvalue weighted by Crippen LogP contribution is 2.15. The van der Waals surface area contributed by atoms with E-state index in [4.69, 9.17) is 5.84 Å². The molecule has 0 radical (unpaired) electrons. The Balaban J connectivity index is 2.51. The Labute approximate surface area is 82.9 Å². The van der Waals surface area contributed by atoms with E-state index in [9.17, 15) is 0 Å². The third-order valence-corrected chi connectivity index (χ3v) is 2.81. The van der Waals surface area contributed by atoms with E-state index in [2.05, 4.69) is 17.1 Å². The minimum atomic E-state index is 0.824. The molecule has 2 N–H and O–H groups in total. The van der Waals surface area contributed by atoms with Crippen LogP contribution in [0.25, 0.3) is 0 Å². The lowest BCUT2D eigenvalue weighted by molar-refractivity contribution is 0.793. The van der Waals surface area contributed by atoms with Crippen LogP contribution in [0.2, 0.25) is 0 Å². The lowest BCUT2D eigenvalue weighted by Crippen LogP contribution is -2.13. The minimum absolute atomic E-state index is 0.824. The number of rotatable bonds is 5. The summed E-state index contributed by atoms with van der Waals surface area (Å²) in [5, 5.41) is 8.81. The summed E-state index contributed by atoms with van der Waals surface area (Å²) in [5.41, 5.74) is 0. The summed E-state index contributed by atoms with van der Waals surface area (Å²) in [6.45, 7) is 4.19. The molecular formula is C8H16N4S. The molecule has 0 aliphatic carbocycles. The molecule has 0 atom stereocenters. The molecule has 5 heteroatoms. The predicted octanol–water partition coefficient (Wildman–Crippen LogP) is 1.45. The number of aromatic nitrogens is 3. The first-order valence-corrected chi connectivity index (χ1v) is 5.60. The molecule has 4 nitrogen and oxygen atoms in total. The fraction of sp³-hybridized carbons (Fsp3) is 0.750. The van der Waals surface area contributed by atoms with Crippen LogP contribution < -0.4 is 5.84 Å². The van der Waals surface area contributed by atoms with Gasteiger partial charge in [-0.15, -0.1) is 10.2 Å². The van der Waals surface area contributed by atoms with Crippen molar-refractivity contribution >= 4 is 11.8 Å². The van der Waals surface area contributed by atoms with Crippen molar-refractivity contribution in [2.45, 2.75) is 38.3 Å². The second-order valence-corrected chi connectivity index (χ2v) is 3.89. The van der Waals surface area contributed by atoms with E-state index in [1.807, 2.05) is 6.92 Å². The van der Waals surface area contributed by atoms with Crippen molar-refractivity contribution in [2.24, 2.45) is 0 Å². The Hall–Kier alpha value is -0.710. The lowest BCUT2D eigenvalue weighted by atomic mass is 10.4. The molecule has 0 unspecified atom stereocenters. The molecule has 1 heterocycles. The number of hydrogen-bond donors (Lipinski definition) is 1. The molecule has 13 heavy (non-hydrogen) atoms. The van der Waals surface area contributed by atoms with Gasteiger partial charge in [-0.3, -0.25) is 0 Å². The van der Waals surface area contributed by atoms with Gasteiger partial charge in [0.2, 0.25) is 5.16 Å². The van der Waals surface area contributed by atoms with Crippen LogP contribution in [0, 0.1) is 0 Å². The van der Waals surface area contributed by atoms with Crippen LogP contribution in [0.1, 0.15) is 32.5 Å². The SMILES string of the molecule is CCCCSc1nnc(CC)n1N. The first kappa shape index (κ1) is 10.4. The second-order valence-electron chi connectivity index (χ2n) is 2.82. The van der Waals surface area contributed by atoms with Crippen molar-refractivity contribution in [2.75, 3.05) is 11.6 Å². The average molecular weight is 200 g/mol. The van der Waals surface area contributed by atoms with Crippen molar-refractivity contribution in [1.82, 2.24) is 14.9 Å². The van der Waals surface area contributed by atoms with E-state index in [1.165, 1.54) is 12.8 Å². The zero-order valence-electron chi connectivity index (χ0n) is 8.16. The Morgan fingerprint density at radius 1 is 1.38 bits per heavy atom. The normalized spacial score (nSPS) is 10.6. The van der Waals surface area contributed by atoms with E-state index in [1.54, 1.807) is 16.4 Å². The summed E-state index contributed by atoms with van der Waals surface area (Å²) in [6.07, 6.45) is 3.23. The average Bonchev–Trinajstić information content (AvgIpc) is 2.48. The molecule has 0 amide bonds. The van der Waals surface area contributed by atoms with Gasteiger partial charge in [0.05, 0.1) is 0 Å². The van der Waals surface area contributed by atoms with Gasteiger partial charge < -0.3 is 5.84 Å². The van der Waals surface area contributed by atoms with Gasteiger partial charge in [0, 0.05) is 12.2 Å². The third kappa shape index (κ3) is 2.62. The van der Waals surface area contributed by atoms with Crippen molar-refractivity contribution in [1.29, 1.82) is 0 Å². The van der Waals surface area contributed by atoms with Crippen LogP contribution in [0.4, 0.5) is 0 Å². The molecule has 0 saturated carbocycles. The molecule has 0 bridgehead atoms. The highest BCUT2D eigenvalue weighted by atomic mass is 32.2. The van der Waals surface area contributed by atoms with E-state index in [0.29, 0.717) is 0 Å². The molecule has 74 valence electrons. The van der Waals surface area contributed by atoms with Crippen molar-refractivity contribution in [3.63, 3.8) is 0 Å². The predicted molar refractivity (Wildman–Crippen MR) is 55.2 cm³/mol. The topological polar surface area (TPSA) is 56.7 Å². The zero-order chi connectivity index (χ0) is 9.68. The van der Waals surface area contributed by atoms with E-state index < -0.39 is 0 Å². The van der Waals surface area contributed by atoms with Crippen molar-refractivity contribution in [3.8, 4) is 0 Å². The van der Waals surface area contributed by atoms with E-state index >= 15 is 0 Å². The summed E-state index contributed by atoms with van der Waals surface area (Å²) in [4.78, 5) is 0. The largest absolute Gasteiger partial charge is 0.336 e. The van der Waals surface area contributed by atoms with Gasteiger partial charge in [-0.2, -0.15) is 0 Å². The van der Waals surface area contributed by atoms with Crippen LogP contribution in [-0.4, -0.2) is 20.6 Å². The van der Waals surface area contributed by atoms with Gasteiger partial charge in [-0.05, 0) is 6.42 Å². The molecule has 0 saturated heterocycles. The molecule has 0 aliphatic heterocycles. The Bertz CT molecular complexity index is 259. The molecule has 1 aromatic rings. The molecule has 1 rings (SSSR count). The van der Waals surface area contributed by atoms with Crippen LogP contribution in [0.5, 0.6) is 0 Å². The number of unbranched alkanes of at least 4 members (excludes halogenated alkanes) is 1. The third-order valence-electron chi connectivity index (χ3n) is 1.78. The van der Waals surface area contributed by atoms with E-state index in [0.717, 1.165) is 23.2 Å². The first-order valence-electron chi connectivity index (χ1n) is 4.61. The fourth-order valence-corrected chi connectivity index (χ4v) is 1.91. The lowest BCUT2D eigenvalue weighted by Gasteiger charge is -2.00. The molecule has 0 aliphatic rings. The van der Waals surface area contributed by atoms with Crippen LogP contribution in [0.3, 0.4) is 0 Å². The summed E-state index contributed by atoms with van der Waals surface area (Å²) in [6, 6.07) is 0. The molecule has 0 fully saturated rings. The maximum atomic E-state index is 5.77. The number of nitrogens with zero attached hydrogens (tertiary/aromatic N) is 3. The van der Waals surface area contributed by atoms with Crippen LogP contribution >= 0.6 is 11.8 Å². The van der Waals surface area contributed by atoms with E-state index in [-0.39, 0.29) is 0 Å². The number of aryl methyl sites for hydroxylation is 1. The van der Waals surface area contributed by atoms with Gasteiger partial charge in [-0.25, -0.2) is 4.68 Å². The summed E-state index contributed by atoms with van der Waals surface area (Å²) in [5.74, 6) is 7.68. The summed E-state index contributed by atoms with van der Waals surface area (Å²) in [7, 11) is 0. The number of thioether (sulfide) groups is 1. The molecular weight excluding hydrogens is 184 g/mol.